The molecule has 0 spiro atoms. The fourth-order valence-electron chi connectivity index (χ4n) is 2.26. The second kappa shape index (κ2) is 5.80. The number of rotatable bonds is 4. The van der Waals surface area contributed by atoms with Crippen LogP contribution in [0.4, 0.5) is 0 Å². The van der Waals surface area contributed by atoms with Crippen molar-refractivity contribution in [2.24, 2.45) is 0 Å². The summed E-state index contributed by atoms with van der Waals surface area (Å²) in [6, 6.07) is 14.8. The Labute approximate surface area is 118 Å². The zero-order valence-corrected chi connectivity index (χ0v) is 11.5. The molecule has 0 aliphatic heterocycles. The number of hydrogen-bond donors (Lipinski definition) is 1. The van der Waals surface area contributed by atoms with Gasteiger partial charge in [-0.25, -0.2) is 0 Å². The van der Waals surface area contributed by atoms with Crippen molar-refractivity contribution in [1.29, 1.82) is 0 Å². The maximum Gasteiger partial charge on any atom is 0.0702 e. The maximum atomic E-state index is 4.34. The number of fused-ring (bicyclic) bond motifs is 1. The summed E-state index contributed by atoms with van der Waals surface area (Å²) in [5.74, 6) is 0. The fraction of sp³-hybridized carbons (Fsp3) is 0.176. The van der Waals surface area contributed by atoms with Crippen molar-refractivity contribution in [2.45, 2.75) is 19.5 Å². The first-order valence-electron chi connectivity index (χ1n) is 6.80. The zero-order valence-electron chi connectivity index (χ0n) is 11.5. The molecule has 1 N–H and O–H groups in total. The molecule has 0 saturated heterocycles. The molecular weight excluding hydrogens is 246 g/mol. The lowest BCUT2D eigenvalue weighted by Gasteiger charge is -2.14. The van der Waals surface area contributed by atoms with Gasteiger partial charge in [0.05, 0.1) is 5.52 Å². The zero-order chi connectivity index (χ0) is 13.8. The number of benzene rings is 1. The van der Waals surface area contributed by atoms with Gasteiger partial charge in [0.15, 0.2) is 0 Å². The third kappa shape index (κ3) is 2.83. The predicted octanol–water partition coefficient (Wildman–Crippen LogP) is 3.48. The highest BCUT2D eigenvalue weighted by atomic mass is 14.9. The van der Waals surface area contributed by atoms with Crippen LogP contribution in [0.15, 0.2) is 61.1 Å². The highest BCUT2D eigenvalue weighted by molar-refractivity contribution is 5.78. The van der Waals surface area contributed by atoms with Crippen LogP contribution >= 0.6 is 0 Å². The normalized spacial score (nSPS) is 12.4. The largest absolute Gasteiger partial charge is 0.306 e. The fourth-order valence-corrected chi connectivity index (χ4v) is 2.26. The molecular formula is C17H17N3. The average Bonchev–Trinajstić information content (AvgIpc) is 2.53. The summed E-state index contributed by atoms with van der Waals surface area (Å²) in [4.78, 5) is 8.49. The van der Waals surface area contributed by atoms with E-state index in [1.165, 1.54) is 16.5 Å². The van der Waals surface area contributed by atoms with Crippen molar-refractivity contribution in [3.63, 3.8) is 0 Å². The Morgan fingerprint density at radius 2 is 2.00 bits per heavy atom. The Balaban J connectivity index is 1.70. The molecule has 1 atom stereocenters. The van der Waals surface area contributed by atoms with E-state index in [4.69, 9.17) is 0 Å². The van der Waals surface area contributed by atoms with Crippen LogP contribution in [0.25, 0.3) is 10.9 Å². The molecule has 0 aliphatic rings. The van der Waals surface area contributed by atoms with Crippen LogP contribution in [0.3, 0.4) is 0 Å². The maximum absolute atomic E-state index is 4.34. The number of hydrogen-bond acceptors (Lipinski definition) is 3. The molecule has 0 saturated carbocycles. The van der Waals surface area contributed by atoms with Crippen LogP contribution in [0.5, 0.6) is 0 Å². The second-order valence-electron chi connectivity index (χ2n) is 4.92. The lowest BCUT2D eigenvalue weighted by Crippen LogP contribution is -2.18. The predicted molar refractivity (Wildman–Crippen MR) is 81.2 cm³/mol. The van der Waals surface area contributed by atoms with E-state index >= 15 is 0 Å². The van der Waals surface area contributed by atoms with Crippen LogP contribution in [-0.4, -0.2) is 9.97 Å². The van der Waals surface area contributed by atoms with Gasteiger partial charge < -0.3 is 5.32 Å². The summed E-state index contributed by atoms with van der Waals surface area (Å²) >= 11 is 0. The molecule has 3 heteroatoms. The number of pyridine rings is 2. The van der Waals surface area contributed by atoms with Crippen molar-refractivity contribution in [3.05, 3.63) is 72.2 Å². The van der Waals surface area contributed by atoms with Gasteiger partial charge >= 0.3 is 0 Å². The summed E-state index contributed by atoms with van der Waals surface area (Å²) in [6.45, 7) is 2.99. The minimum atomic E-state index is 0.285. The molecule has 0 bridgehead atoms. The minimum absolute atomic E-state index is 0.285. The Bertz CT molecular complexity index is 695. The Hall–Kier alpha value is -2.26. The van der Waals surface area contributed by atoms with Crippen LogP contribution in [-0.2, 0) is 6.54 Å². The van der Waals surface area contributed by atoms with Crippen LogP contribution in [0.1, 0.15) is 24.1 Å². The third-order valence-corrected chi connectivity index (χ3v) is 3.46. The summed E-state index contributed by atoms with van der Waals surface area (Å²) in [6.07, 6.45) is 5.53. The van der Waals surface area contributed by atoms with Gasteiger partial charge in [-0.3, -0.25) is 9.97 Å². The summed E-state index contributed by atoms with van der Waals surface area (Å²) < 4.78 is 0. The minimum Gasteiger partial charge on any atom is -0.306 e. The number of nitrogens with zero attached hydrogens (tertiary/aromatic N) is 2. The highest BCUT2D eigenvalue weighted by Gasteiger charge is 2.04. The lowest BCUT2D eigenvalue weighted by atomic mass is 10.1. The number of nitrogens with one attached hydrogen (secondary N) is 1. The monoisotopic (exact) mass is 263 g/mol. The van der Waals surface area contributed by atoms with Crippen molar-refractivity contribution < 1.29 is 0 Å². The SMILES string of the molecule is C[C@H](NCc1ccc2ncccc2c1)c1cccnc1. The molecule has 0 aliphatic carbocycles. The van der Waals surface area contributed by atoms with Crippen LogP contribution < -0.4 is 5.32 Å². The van der Waals surface area contributed by atoms with Crippen LogP contribution in [0, 0.1) is 0 Å². The molecule has 0 amide bonds. The van der Waals surface area contributed by atoms with Gasteiger partial charge in [0.1, 0.15) is 0 Å². The van der Waals surface area contributed by atoms with Crippen molar-refractivity contribution >= 4 is 10.9 Å². The van der Waals surface area contributed by atoms with E-state index in [2.05, 4.69) is 52.5 Å². The molecule has 1 aromatic carbocycles. The summed E-state index contributed by atoms with van der Waals surface area (Å²) in [7, 11) is 0. The Morgan fingerprint density at radius 1 is 1.10 bits per heavy atom. The Morgan fingerprint density at radius 3 is 2.85 bits per heavy atom. The molecule has 20 heavy (non-hydrogen) atoms. The van der Waals surface area contributed by atoms with E-state index < -0.39 is 0 Å². The molecule has 2 heterocycles. The van der Waals surface area contributed by atoms with Crippen molar-refractivity contribution in [2.75, 3.05) is 0 Å². The molecule has 0 radical (unpaired) electrons. The molecule has 3 aromatic rings. The van der Waals surface area contributed by atoms with Gasteiger partial charge in [0, 0.05) is 36.6 Å². The first kappa shape index (κ1) is 12.8. The van der Waals surface area contributed by atoms with Crippen molar-refractivity contribution in [3.8, 4) is 0 Å². The van der Waals surface area contributed by atoms with Crippen molar-refractivity contribution in [1.82, 2.24) is 15.3 Å². The van der Waals surface area contributed by atoms with Gasteiger partial charge in [-0.15, -0.1) is 0 Å². The van der Waals surface area contributed by atoms with E-state index in [1.807, 2.05) is 24.5 Å². The third-order valence-electron chi connectivity index (χ3n) is 3.46. The van der Waals surface area contributed by atoms with Gasteiger partial charge in [0.25, 0.3) is 0 Å². The lowest BCUT2D eigenvalue weighted by molar-refractivity contribution is 0.573. The van der Waals surface area contributed by atoms with Crippen LogP contribution in [0.2, 0.25) is 0 Å². The average molecular weight is 263 g/mol. The summed E-state index contributed by atoms with van der Waals surface area (Å²) in [5, 5.41) is 4.70. The smallest absolute Gasteiger partial charge is 0.0702 e. The molecule has 0 unspecified atom stereocenters. The Kier molecular flexibility index (Phi) is 3.70. The van der Waals surface area contributed by atoms with E-state index in [1.54, 1.807) is 6.20 Å². The van der Waals surface area contributed by atoms with Gasteiger partial charge in [-0.2, -0.15) is 0 Å². The van der Waals surface area contributed by atoms with Gasteiger partial charge in [-0.1, -0.05) is 18.2 Å². The van der Waals surface area contributed by atoms with Gasteiger partial charge in [-0.05, 0) is 42.3 Å². The first-order chi connectivity index (χ1) is 9.83. The van der Waals surface area contributed by atoms with E-state index in [-0.39, 0.29) is 6.04 Å². The van der Waals surface area contributed by atoms with E-state index in [0.29, 0.717) is 0 Å². The molecule has 2 aromatic heterocycles. The molecule has 3 rings (SSSR count). The summed E-state index contributed by atoms with van der Waals surface area (Å²) in [5.41, 5.74) is 3.51. The number of aromatic nitrogens is 2. The second-order valence-corrected chi connectivity index (χ2v) is 4.92. The topological polar surface area (TPSA) is 37.8 Å². The first-order valence-corrected chi connectivity index (χ1v) is 6.80. The van der Waals surface area contributed by atoms with E-state index in [0.717, 1.165) is 12.1 Å². The molecule has 3 nitrogen and oxygen atoms in total. The molecule has 100 valence electrons. The van der Waals surface area contributed by atoms with E-state index in [9.17, 15) is 0 Å². The van der Waals surface area contributed by atoms with Gasteiger partial charge in [0.2, 0.25) is 0 Å². The quantitative estimate of drug-likeness (QED) is 0.783. The highest BCUT2D eigenvalue weighted by Crippen LogP contribution is 2.15. The standard InChI is InChI=1S/C17H17N3/c1-13(16-5-2-8-18-12-16)20-11-14-6-7-17-15(10-14)4-3-9-19-17/h2-10,12-13,20H,11H2,1H3/t13-/m0/s1. The molecule has 0 fully saturated rings.